The summed E-state index contributed by atoms with van der Waals surface area (Å²) in [5.41, 5.74) is 1.05. The highest BCUT2D eigenvalue weighted by atomic mass is 35.5. The highest BCUT2D eigenvalue weighted by molar-refractivity contribution is 6.33. The zero-order valence-corrected chi connectivity index (χ0v) is 11.0. The van der Waals surface area contributed by atoms with Gasteiger partial charge in [-0.05, 0) is 35.9 Å². The Morgan fingerprint density at radius 2 is 2.20 bits per heavy atom. The highest BCUT2D eigenvalue weighted by Gasteiger charge is 2.10. The average molecular weight is 289 g/mol. The van der Waals surface area contributed by atoms with Crippen LogP contribution in [0.4, 0.5) is 0 Å². The molecule has 0 saturated carbocycles. The van der Waals surface area contributed by atoms with Crippen molar-refractivity contribution in [2.24, 2.45) is 0 Å². The summed E-state index contributed by atoms with van der Waals surface area (Å²) in [4.78, 5) is 14.8. The molecular weight excluding hydrogens is 280 g/mol. The van der Waals surface area contributed by atoms with E-state index in [0.717, 1.165) is 5.56 Å². The minimum absolute atomic E-state index is 0.0170. The lowest BCUT2D eigenvalue weighted by molar-refractivity contribution is 0.0696. The minimum Gasteiger partial charge on any atom is -0.489 e. The Hall–Kier alpha value is -2.58. The van der Waals surface area contributed by atoms with Crippen LogP contribution in [0.3, 0.4) is 0 Å². The van der Waals surface area contributed by atoms with E-state index in [-0.39, 0.29) is 17.2 Å². The summed E-state index contributed by atoms with van der Waals surface area (Å²) in [6, 6.07) is 9.67. The summed E-state index contributed by atoms with van der Waals surface area (Å²) in [6.45, 7) is 0.206. The Morgan fingerprint density at radius 3 is 2.90 bits per heavy atom. The molecule has 100 valence electrons. The van der Waals surface area contributed by atoms with E-state index in [4.69, 9.17) is 26.7 Å². The molecule has 2 aromatic rings. The van der Waals surface area contributed by atoms with Gasteiger partial charge in [-0.1, -0.05) is 11.6 Å². The van der Waals surface area contributed by atoms with Gasteiger partial charge in [-0.25, -0.2) is 9.78 Å². The fourth-order valence-corrected chi connectivity index (χ4v) is 1.75. The van der Waals surface area contributed by atoms with Crippen LogP contribution in [0.25, 0.3) is 0 Å². The molecule has 2 rings (SSSR count). The molecule has 1 aromatic heterocycles. The second-order valence-electron chi connectivity index (χ2n) is 3.90. The van der Waals surface area contributed by atoms with Gasteiger partial charge < -0.3 is 9.84 Å². The van der Waals surface area contributed by atoms with Gasteiger partial charge in [-0.3, -0.25) is 0 Å². The van der Waals surface area contributed by atoms with Gasteiger partial charge in [0.15, 0.2) is 0 Å². The van der Waals surface area contributed by atoms with Crippen molar-refractivity contribution in [1.29, 1.82) is 5.26 Å². The number of hydrogen-bond acceptors (Lipinski definition) is 4. The normalized spacial score (nSPS) is 9.80. The van der Waals surface area contributed by atoms with Gasteiger partial charge in [0.25, 0.3) is 0 Å². The molecular formula is C14H9ClN2O3. The van der Waals surface area contributed by atoms with Gasteiger partial charge in [-0.2, -0.15) is 5.26 Å². The van der Waals surface area contributed by atoms with Gasteiger partial charge in [-0.15, -0.1) is 0 Å². The number of carboxylic acid groups (broad SMARTS) is 1. The van der Waals surface area contributed by atoms with Crippen molar-refractivity contribution in [2.75, 3.05) is 0 Å². The maximum atomic E-state index is 10.9. The molecule has 0 saturated heterocycles. The molecule has 0 aliphatic rings. The molecule has 0 aliphatic heterocycles. The fourth-order valence-electron chi connectivity index (χ4n) is 1.55. The number of pyridine rings is 1. The molecule has 5 nitrogen and oxygen atoms in total. The van der Waals surface area contributed by atoms with Gasteiger partial charge in [0, 0.05) is 6.20 Å². The van der Waals surface area contributed by atoms with Crippen LogP contribution in [0.2, 0.25) is 5.02 Å². The number of hydrogen-bond donors (Lipinski definition) is 1. The van der Waals surface area contributed by atoms with E-state index in [1.165, 1.54) is 18.3 Å². The van der Waals surface area contributed by atoms with Gasteiger partial charge in [0.1, 0.15) is 24.1 Å². The van der Waals surface area contributed by atoms with Crippen molar-refractivity contribution in [2.45, 2.75) is 6.61 Å². The van der Waals surface area contributed by atoms with Gasteiger partial charge in [0.05, 0.1) is 10.6 Å². The van der Waals surface area contributed by atoms with E-state index in [1.54, 1.807) is 18.2 Å². The summed E-state index contributed by atoms with van der Waals surface area (Å²) in [7, 11) is 0. The van der Waals surface area contributed by atoms with Crippen molar-refractivity contribution in [3.05, 3.63) is 58.4 Å². The first-order valence-corrected chi connectivity index (χ1v) is 5.98. The van der Waals surface area contributed by atoms with Crippen LogP contribution in [-0.4, -0.2) is 16.1 Å². The van der Waals surface area contributed by atoms with Gasteiger partial charge in [0.2, 0.25) is 0 Å². The Morgan fingerprint density at radius 1 is 1.40 bits per heavy atom. The zero-order chi connectivity index (χ0) is 14.5. The maximum Gasteiger partial charge on any atom is 0.337 e. The van der Waals surface area contributed by atoms with E-state index < -0.39 is 5.97 Å². The first kappa shape index (κ1) is 13.8. The summed E-state index contributed by atoms with van der Waals surface area (Å²) < 4.78 is 5.48. The predicted molar refractivity (Wildman–Crippen MR) is 71.7 cm³/mol. The number of carboxylic acids is 1. The molecule has 0 aliphatic carbocycles. The van der Waals surface area contributed by atoms with Crippen molar-refractivity contribution in [1.82, 2.24) is 4.98 Å². The molecule has 0 unspecified atom stereocenters. The molecule has 0 amide bonds. The number of halogens is 1. The zero-order valence-electron chi connectivity index (χ0n) is 10.2. The molecule has 20 heavy (non-hydrogen) atoms. The van der Waals surface area contributed by atoms with Crippen molar-refractivity contribution < 1.29 is 14.6 Å². The van der Waals surface area contributed by atoms with Crippen molar-refractivity contribution in [3.8, 4) is 11.8 Å². The van der Waals surface area contributed by atoms with Crippen LogP contribution in [0.1, 0.15) is 21.6 Å². The first-order chi connectivity index (χ1) is 9.60. The van der Waals surface area contributed by atoms with E-state index in [1.807, 2.05) is 6.07 Å². The molecule has 1 heterocycles. The number of carbonyl (C=O) groups is 1. The maximum absolute atomic E-state index is 10.9. The average Bonchev–Trinajstić information content (AvgIpc) is 2.46. The third kappa shape index (κ3) is 3.25. The molecule has 1 N–H and O–H groups in total. The van der Waals surface area contributed by atoms with Crippen LogP contribution in [0.15, 0.2) is 36.5 Å². The third-order valence-electron chi connectivity index (χ3n) is 2.51. The second-order valence-corrected chi connectivity index (χ2v) is 4.30. The van der Waals surface area contributed by atoms with E-state index >= 15 is 0 Å². The fraction of sp³-hybridized carbons (Fsp3) is 0.0714. The SMILES string of the molecule is N#Cc1cc(COc2ccc(Cl)c(C(=O)O)c2)ccn1. The number of aromatic carboxylic acids is 1. The molecule has 0 radical (unpaired) electrons. The van der Waals surface area contributed by atoms with E-state index in [9.17, 15) is 4.79 Å². The summed E-state index contributed by atoms with van der Waals surface area (Å²) in [5, 5.41) is 17.9. The molecule has 0 spiro atoms. The van der Waals surface area contributed by atoms with Crippen molar-refractivity contribution in [3.63, 3.8) is 0 Å². The molecule has 1 aromatic carbocycles. The summed E-state index contributed by atoms with van der Waals surface area (Å²) >= 11 is 5.77. The standard InChI is InChI=1S/C14H9ClN2O3/c15-13-2-1-11(6-12(13)14(18)19)20-8-9-3-4-17-10(5-9)7-16/h1-6H,8H2,(H,18,19). The third-order valence-corrected chi connectivity index (χ3v) is 2.84. The molecule has 6 heteroatoms. The lowest BCUT2D eigenvalue weighted by Gasteiger charge is -2.08. The molecule has 0 atom stereocenters. The van der Waals surface area contributed by atoms with Crippen LogP contribution >= 0.6 is 11.6 Å². The second kappa shape index (κ2) is 6.04. The lowest BCUT2D eigenvalue weighted by Crippen LogP contribution is -2.00. The van der Waals surface area contributed by atoms with Gasteiger partial charge >= 0.3 is 5.97 Å². The van der Waals surface area contributed by atoms with Crippen molar-refractivity contribution >= 4 is 17.6 Å². The summed E-state index contributed by atoms with van der Waals surface area (Å²) in [5.74, 6) is -0.724. The van der Waals surface area contributed by atoms with Crippen LogP contribution < -0.4 is 4.74 Å². The molecule has 0 fully saturated rings. The Bertz CT molecular complexity index is 695. The first-order valence-electron chi connectivity index (χ1n) is 5.61. The number of aromatic nitrogens is 1. The number of rotatable bonds is 4. The number of nitriles is 1. The van der Waals surface area contributed by atoms with Crippen LogP contribution in [0.5, 0.6) is 5.75 Å². The minimum atomic E-state index is -1.11. The van der Waals surface area contributed by atoms with Crippen LogP contribution in [-0.2, 0) is 6.61 Å². The topological polar surface area (TPSA) is 83.2 Å². The summed E-state index contributed by atoms with van der Waals surface area (Å²) in [6.07, 6.45) is 1.52. The Kier molecular flexibility index (Phi) is 4.18. The number of ether oxygens (including phenoxy) is 1. The van der Waals surface area contributed by atoms with E-state index in [2.05, 4.69) is 4.98 Å². The number of benzene rings is 1. The molecule has 0 bridgehead atoms. The smallest absolute Gasteiger partial charge is 0.337 e. The Balaban J connectivity index is 2.13. The monoisotopic (exact) mass is 288 g/mol. The Labute approximate surface area is 120 Å². The number of nitrogens with zero attached hydrogens (tertiary/aromatic N) is 2. The quantitative estimate of drug-likeness (QED) is 0.935. The largest absolute Gasteiger partial charge is 0.489 e. The predicted octanol–water partition coefficient (Wildman–Crippen LogP) is 2.88. The lowest BCUT2D eigenvalue weighted by atomic mass is 10.2. The van der Waals surface area contributed by atoms with Crippen LogP contribution in [0, 0.1) is 11.3 Å². The van der Waals surface area contributed by atoms with E-state index in [0.29, 0.717) is 11.4 Å². The highest BCUT2D eigenvalue weighted by Crippen LogP contribution is 2.22.